The minimum absolute atomic E-state index is 0.0984. The summed E-state index contributed by atoms with van der Waals surface area (Å²) in [5, 5.41) is 19.2. The molecule has 2 N–H and O–H groups in total. The van der Waals surface area contributed by atoms with Crippen molar-refractivity contribution in [1.29, 1.82) is 0 Å². The van der Waals surface area contributed by atoms with Gasteiger partial charge in [0.15, 0.2) is 0 Å². The minimum Gasteiger partial charge on any atom is -0.444 e. The Kier molecular flexibility index (Phi) is 4.59. The first-order chi connectivity index (χ1) is 9.78. The molecule has 0 bridgehead atoms. The van der Waals surface area contributed by atoms with Gasteiger partial charge in [-0.3, -0.25) is 0 Å². The number of carbonyl (C=O) groups excluding carboxylic acids is 1. The molecule has 1 aliphatic heterocycles. The molecule has 2 rings (SSSR count). The molecule has 6 heteroatoms. The van der Waals surface area contributed by atoms with Crippen LogP contribution in [0.25, 0.3) is 0 Å². The van der Waals surface area contributed by atoms with Crippen LogP contribution in [0.2, 0.25) is 5.82 Å². The second-order valence-corrected chi connectivity index (χ2v) is 6.48. The van der Waals surface area contributed by atoms with Gasteiger partial charge in [0.25, 0.3) is 0 Å². The molecule has 0 radical (unpaired) electrons. The molecule has 1 aliphatic rings. The van der Waals surface area contributed by atoms with Crippen molar-refractivity contribution in [3.63, 3.8) is 0 Å². The quantitative estimate of drug-likeness (QED) is 0.816. The van der Waals surface area contributed by atoms with Crippen molar-refractivity contribution in [2.45, 2.75) is 38.1 Å². The lowest BCUT2D eigenvalue weighted by atomic mass is 9.65. The molecule has 114 valence electrons. The van der Waals surface area contributed by atoms with E-state index in [0.29, 0.717) is 6.54 Å². The van der Waals surface area contributed by atoms with E-state index in [-0.39, 0.29) is 12.5 Å². The van der Waals surface area contributed by atoms with Gasteiger partial charge in [-0.05, 0) is 26.3 Å². The van der Waals surface area contributed by atoms with Crippen molar-refractivity contribution in [1.82, 2.24) is 4.90 Å². The Balaban J connectivity index is 2.14. The molecule has 21 heavy (non-hydrogen) atoms. The average molecular weight is 291 g/mol. The second kappa shape index (κ2) is 6.07. The number of hydrogen-bond acceptors (Lipinski definition) is 4. The van der Waals surface area contributed by atoms with E-state index in [1.807, 2.05) is 51.1 Å². The summed E-state index contributed by atoms with van der Waals surface area (Å²) in [6.45, 7) is 6.16. The summed E-state index contributed by atoms with van der Waals surface area (Å²) in [6.07, 6.45) is -0.411. The predicted molar refractivity (Wildman–Crippen MR) is 80.9 cm³/mol. The Morgan fingerprint density at radius 3 is 2.38 bits per heavy atom. The Bertz CT molecular complexity index is 486. The molecule has 0 spiro atoms. The van der Waals surface area contributed by atoms with E-state index in [0.717, 1.165) is 5.56 Å². The van der Waals surface area contributed by atoms with Crippen LogP contribution < -0.4 is 0 Å². The molecule has 1 heterocycles. The number of hydrogen-bond donors (Lipinski definition) is 2. The standard InChI is InChI=1S/C15H22BNO4/c1-15(2,3)21-14(18)17-9-12(13(10-17)16(19)20)11-7-5-4-6-8-11/h4-8,12-13,19-20H,9-10H2,1-3H3. The molecule has 1 aromatic carbocycles. The number of benzene rings is 1. The largest absolute Gasteiger partial charge is 0.457 e. The highest BCUT2D eigenvalue weighted by atomic mass is 16.6. The highest BCUT2D eigenvalue weighted by molar-refractivity contribution is 6.43. The molecular weight excluding hydrogens is 269 g/mol. The van der Waals surface area contributed by atoms with Gasteiger partial charge in [-0.25, -0.2) is 4.79 Å². The molecule has 2 atom stereocenters. The van der Waals surface area contributed by atoms with Crippen molar-refractivity contribution < 1.29 is 19.6 Å². The fourth-order valence-electron chi connectivity index (χ4n) is 2.66. The van der Waals surface area contributed by atoms with E-state index in [1.54, 1.807) is 4.90 Å². The Morgan fingerprint density at radius 1 is 1.24 bits per heavy atom. The monoisotopic (exact) mass is 291 g/mol. The Hall–Kier alpha value is -1.53. The highest BCUT2D eigenvalue weighted by Gasteiger charge is 2.43. The van der Waals surface area contributed by atoms with Crippen LogP contribution in [0.4, 0.5) is 4.79 Å². The van der Waals surface area contributed by atoms with Gasteiger partial charge in [0, 0.05) is 24.8 Å². The first kappa shape index (κ1) is 15.9. The fourth-order valence-corrected chi connectivity index (χ4v) is 2.66. The second-order valence-electron chi connectivity index (χ2n) is 6.48. The van der Waals surface area contributed by atoms with Crippen LogP contribution in [0.1, 0.15) is 32.3 Å². The number of ether oxygens (including phenoxy) is 1. The normalized spacial score (nSPS) is 22.2. The summed E-state index contributed by atoms with van der Waals surface area (Å²) in [4.78, 5) is 13.7. The molecule has 1 saturated heterocycles. The van der Waals surface area contributed by atoms with Gasteiger partial charge in [0.2, 0.25) is 0 Å². The molecule has 0 saturated carbocycles. The van der Waals surface area contributed by atoms with E-state index in [4.69, 9.17) is 4.74 Å². The van der Waals surface area contributed by atoms with Crippen LogP contribution in [0, 0.1) is 0 Å². The van der Waals surface area contributed by atoms with Gasteiger partial charge in [-0.2, -0.15) is 0 Å². The molecule has 0 aromatic heterocycles. The van der Waals surface area contributed by atoms with E-state index < -0.39 is 24.6 Å². The predicted octanol–water partition coefficient (Wildman–Crippen LogP) is 1.86. The third-order valence-electron chi connectivity index (χ3n) is 3.63. The van der Waals surface area contributed by atoms with Crippen LogP contribution in [-0.2, 0) is 4.74 Å². The maximum absolute atomic E-state index is 12.1. The van der Waals surface area contributed by atoms with Crippen LogP contribution in [0.15, 0.2) is 30.3 Å². The summed E-state index contributed by atoms with van der Waals surface area (Å²) in [5.41, 5.74) is 0.441. The molecule has 0 aliphatic carbocycles. The fraction of sp³-hybridized carbons (Fsp3) is 0.533. The van der Waals surface area contributed by atoms with Gasteiger partial charge in [-0.1, -0.05) is 30.3 Å². The van der Waals surface area contributed by atoms with Crippen molar-refractivity contribution >= 4 is 13.2 Å². The summed E-state index contributed by atoms with van der Waals surface area (Å²) in [7, 11) is -1.46. The summed E-state index contributed by atoms with van der Waals surface area (Å²) >= 11 is 0. The van der Waals surface area contributed by atoms with Gasteiger partial charge in [0.1, 0.15) is 5.60 Å². The van der Waals surface area contributed by atoms with Crippen LogP contribution in [-0.4, -0.2) is 46.9 Å². The first-order valence-electron chi connectivity index (χ1n) is 7.17. The number of carbonyl (C=O) groups is 1. The maximum Gasteiger partial charge on any atom is 0.457 e. The minimum atomic E-state index is -1.46. The van der Waals surface area contributed by atoms with Crippen molar-refractivity contribution in [3.8, 4) is 0 Å². The van der Waals surface area contributed by atoms with Crippen LogP contribution in [0.3, 0.4) is 0 Å². The van der Waals surface area contributed by atoms with Crippen molar-refractivity contribution in [2.24, 2.45) is 0 Å². The Labute approximate surface area is 125 Å². The molecule has 1 aromatic rings. The molecule has 2 unspecified atom stereocenters. The van der Waals surface area contributed by atoms with Gasteiger partial charge >= 0.3 is 13.2 Å². The summed E-state index contributed by atoms with van der Waals surface area (Å²) < 4.78 is 5.36. The molecular formula is C15H22BNO4. The smallest absolute Gasteiger partial charge is 0.444 e. The lowest BCUT2D eigenvalue weighted by Gasteiger charge is -2.24. The van der Waals surface area contributed by atoms with E-state index in [9.17, 15) is 14.8 Å². The van der Waals surface area contributed by atoms with E-state index >= 15 is 0 Å². The van der Waals surface area contributed by atoms with E-state index in [2.05, 4.69) is 0 Å². The number of likely N-dealkylation sites (tertiary alicyclic amines) is 1. The van der Waals surface area contributed by atoms with Gasteiger partial charge in [-0.15, -0.1) is 0 Å². The van der Waals surface area contributed by atoms with E-state index in [1.165, 1.54) is 0 Å². The zero-order valence-electron chi connectivity index (χ0n) is 12.7. The molecule has 5 nitrogen and oxygen atoms in total. The number of rotatable bonds is 2. The lowest BCUT2D eigenvalue weighted by Crippen LogP contribution is -2.36. The number of amides is 1. The topological polar surface area (TPSA) is 70.0 Å². The van der Waals surface area contributed by atoms with Crippen molar-refractivity contribution in [3.05, 3.63) is 35.9 Å². The average Bonchev–Trinajstić information content (AvgIpc) is 2.83. The highest BCUT2D eigenvalue weighted by Crippen LogP contribution is 2.38. The lowest BCUT2D eigenvalue weighted by molar-refractivity contribution is 0.0292. The third-order valence-corrected chi connectivity index (χ3v) is 3.63. The maximum atomic E-state index is 12.1. The van der Waals surface area contributed by atoms with Gasteiger partial charge < -0.3 is 19.7 Å². The SMILES string of the molecule is CC(C)(C)OC(=O)N1CC(B(O)O)C(c2ccccc2)C1. The van der Waals surface area contributed by atoms with Crippen LogP contribution in [0.5, 0.6) is 0 Å². The number of nitrogens with zero attached hydrogens (tertiary/aromatic N) is 1. The van der Waals surface area contributed by atoms with Crippen molar-refractivity contribution in [2.75, 3.05) is 13.1 Å². The first-order valence-corrected chi connectivity index (χ1v) is 7.17. The third kappa shape index (κ3) is 3.98. The zero-order chi connectivity index (χ0) is 15.6. The molecule has 1 fully saturated rings. The van der Waals surface area contributed by atoms with Gasteiger partial charge in [0.05, 0.1) is 0 Å². The molecule has 1 amide bonds. The summed E-state index contributed by atoms with van der Waals surface area (Å²) in [5.74, 6) is -0.501. The summed E-state index contributed by atoms with van der Waals surface area (Å²) in [6, 6.07) is 9.62. The Morgan fingerprint density at radius 2 is 1.86 bits per heavy atom. The zero-order valence-corrected chi connectivity index (χ0v) is 12.7. The van der Waals surface area contributed by atoms with Crippen LogP contribution >= 0.6 is 0 Å².